The molecule has 0 saturated heterocycles. The number of rotatable bonds is 6. The number of carbonyl (C=O) groups is 3. The van der Waals surface area contributed by atoms with Gasteiger partial charge in [0.15, 0.2) is 22.3 Å². The molecule has 1 amide bonds. The number of aromatic hydroxyl groups is 1. The number of phenolic OH excluding ortho intramolecular Hbond substituents is 1. The first-order valence-electron chi connectivity index (χ1n) is 21.2. The number of anilines is 1. The zero-order valence-corrected chi connectivity index (χ0v) is 38.0. The molecule has 63 heavy (non-hydrogen) atoms. The van der Waals surface area contributed by atoms with Gasteiger partial charge < -0.3 is 48.5 Å². The molecule has 4 bridgehead atoms. The maximum atomic E-state index is 14.7. The lowest BCUT2D eigenvalue weighted by atomic mass is 9.73. The summed E-state index contributed by atoms with van der Waals surface area (Å²) in [6.45, 7) is 16.5. The van der Waals surface area contributed by atoms with Gasteiger partial charge >= 0.3 is 11.8 Å². The SMILES string of the molecule is CO[C@H]1/C=C/O[C@@]2(C)Oc3c(C)c(=O)c4c(O)c(c5oc6ccc(OCCN(C)C)cc6nc5c4c3C2=O)NC(=O)/C(C)=C\C=C\[C@H](C)[C@H](O)[C@@H](C)[C@@H](C)[C@@H](C)[C@H](OC(C)=O)[C@@H]1C. The number of nitrogens with one attached hydrogen (secondary N) is 1. The average molecular weight is 870 g/mol. The molecule has 3 aromatic carbocycles. The van der Waals surface area contributed by atoms with Crippen LogP contribution >= 0.6 is 0 Å². The summed E-state index contributed by atoms with van der Waals surface area (Å²) < 4.78 is 36.5. The Morgan fingerprint density at radius 2 is 1.71 bits per heavy atom. The van der Waals surface area contributed by atoms with Gasteiger partial charge in [0, 0.05) is 61.9 Å². The third-order valence-electron chi connectivity index (χ3n) is 12.7. The molecule has 0 unspecified atom stereocenters. The number of benzene rings is 3. The van der Waals surface area contributed by atoms with Crippen LogP contribution in [0, 0.1) is 36.5 Å². The number of phenols is 1. The Labute approximate surface area is 366 Å². The van der Waals surface area contributed by atoms with E-state index in [9.17, 15) is 29.4 Å². The maximum Gasteiger partial charge on any atom is 0.312 e. The molecule has 0 saturated carbocycles. The second kappa shape index (κ2) is 18.5. The Morgan fingerprint density at radius 3 is 2.38 bits per heavy atom. The van der Waals surface area contributed by atoms with Crippen molar-refractivity contribution in [1.29, 1.82) is 0 Å². The predicted molar refractivity (Wildman–Crippen MR) is 239 cm³/mol. The Bertz CT molecular complexity index is 2600. The first-order chi connectivity index (χ1) is 29.7. The van der Waals surface area contributed by atoms with Gasteiger partial charge in [0.2, 0.25) is 0 Å². The van der Waals surface area contributed by atoms with Crippen molar-refractivity contribution in [3.8, 4) is 17.2 Å². The van der Waals surface area contributed by atoms with Gasteiger partial charge in [-0.25, -0.2) is 4.98 Å². The van der Waals surface area contributed by atoms with Gasteiger partial charge in [-0.3, -0.25) is 19.2 Å². The number of Topliss-reactive ketones (excluding diaryl/α,β-unsaturated/α-hetero) is 1. The number of likely N-dealkylation sites (N-methyl/N-ethyl adjacent to an activating group) is 1. The number of aliphatic hydroxyl groups excluding tert-OH is 1. The van der Waals surface area contributed by atoms with E-state index in [2.05, 4.69) is 5.32 Å². The summed E-state index contributed by atoms with van der Waals surface area (Å²) in [6.07, 6.45) is 5.75. The summed E-state index contributed by atoms with van der Waals surface area (Å²) in [6, 6.07) is 5.00. The summed E-state index contributed by atoms with van der Waals surface area (Å²) >= 11 is 0. The van der Waals surface area contributed by atoms with Gasteiger partial charge in [0.1, 0.15) is 40.9 Å². The van der Waals surface area contributed by atoms with Crippen molar-refractivity contribution in [2.45, 2.75) is 86.4 Å². The van der Waals surface area contributed by atoms with Crippen LogP contribution in [0.25, 0.3) is 33.0 Å². The number of methoxy groups -OCH3 is 1. The Morgan fingerprint density at radius 1 is 1.00 bits per heavy atom. The number of esters is 1. The van der Waals surface area contributed by atoms with E-state index < -0.39 is 58.9 Å². The lowest BCUT2D eigenvalue weighted by Crippen LogP contribution is -2.43. The van der Waals surface area contributed by atoms with Crippen molar-refractivity contribution in [2.24, 2.45) is 29.6 Å². The van der Waals surface area contributed by atoms with E-state index in [1.54, 1.807) is 49.4 Å². The highest BCUT2D eigenvalue weighted by atomic mass is 16.7. The lowest BCUT2D eigenvalue weighted by Gasteiger charge is -2.39. The van der Waals surface area contributed by atoms with E-state index >= 15 is 0 Å². The van der Waals surface area contributed by atoms with Crippen LogP contribution in [0.4, 0.5) is 5.69 Å². The van der Waals surface area contributed by atoms with Crippen LogP contribution in [0.5, 0.6) is 17.2 Å². The second-order valence-corrected chi connectivity index (χ2v) is 17.4. The van der Waals surface area contributed by atoms with E-state index in [0.717, 1.165) is 0 Å². The molecule has 0 aliphatic carbocycles. The van der Waals surface area contributed by atoms with Gasteiger partial charge in [-0.1, -0.05) is 52.8 Å². The number of aliphatic hydroxyl groups is 1. The molecule has 15 nitrogen and oxygen atoms in total. The molecule has 1 aromatic heterocycles. The molecule has 0 fully saturated rings. The van der Waals surface area contributed by atoms with Crippen LogP contribution in [0.15, 0.2) is 63.6 Å². The lowest BCUT2D eigenvalue weighted by molar-refractivity contribution is -0.157. The number of fused-ring (bicyclic) bond motifs is 2. The highest BCUT2D eigenvalue weighted by Crippen LogP contribution is 2.48. The van der Waals surface area contributed by atoms with Crippen LogP contribution in [0.1, 0.15) is 71.3 Å². The fraction of sp³-hybridized carbons (Fsp3) is 0.479. The van der Waals surface area contributed by atoms with Crippen molar-refractivity contribution >= 4 is 56.3 Å². The largest absolute Gasteiger partial charge is 0.505 e. The monoisotopic (exact) mass is 869 g/mol. The summed E-state index contributed by atoms with van der Waals surface area (Å²) in [5, 5.41) is 26.0. The molecule has 2 aliphatic rings. The normalized spacial score (nSPS) is 29.0. The molecule has 338 valence electrons. The molecule has 0 radical (unpaired) electrons. The van der Waals surface area contributed by atoms with E-state index in [-0.39, 0.29) is 79.3 Å². The number of carbonyl (C=O) groups excluding carboxylic acids is 3. The van der Waals surface area contributed by atoms with Crippen LogP contribution in [-0.4, -0.2) is 96.2 Å². The van der Waals surface area contributed by atoms with Gasteiger partial charge in [-0.05, 0) is 63.9 Å². The maximum absolute atomic E-state index is 14.7. The third-order valence-corrected chi connectivity index (χ3v) is 12.7. The van der Waals surface area contributed by atoms with Gasteiger partial charge in [0.05, 0.1) is 29.4 Å². The number of ether oxygens (including phenoxy) is 5. The quantitative estimate of drug-likeness (QED) is 0.0761. The van der Waals surface area contributed by atoms with Crippen LogP contribution in [-0.2, 0) is 23.8 Å². The molecule has 3 heterocycles. The highest BCUT2D eigenvalue weighted by Gasteiger charge is 2.49. The number of aromatic nitrogens is 1. The smallest absolute Gasteiger partial charge is 0.312 e. The first kappa shape index (κ1) is 46.7. The van der Waals surface area contributed by atoms with Gasteiger partial charge in [-0.2, -0.15) is 0 Å². The van der Waals surface area contributed by atoms with Gasteiger partial charge in [0.25, 0.3) is 11.7 Å². The molecule has 6 rings (SSSR count). The molecular formula is C48H59N3O12. The third kappa shape index (κ3) is 9.04. The Hall–Kier alpha value is -5.77. The minimum absolute atomic E-state index is 0.0105. The predicted octanol–water partition coefficient (Wildman–Crippen LogP) is 7.21. The summed E-state index contributed by atoms with van der Waals surface area (Å²) in [5.41, 5.74) is -0.306. The summed E-state index contributed by atoms with van der Waals surface area (Å²) in [4.78, 5) is 62.4. The fourth-order valence-corrected chi connectivity index (χ4v) is 8.44. The fourth-order valence-electron chi connectivity index (χ4n) is 8.44. The number of nitrogens with zero attached hydrogens (tertiary/aromatic N) is 2. The van der Waals surface area contributed by atoms with E-state index in [4.69, 9.17) is 33.1 Å². The number of allylic oxidation sites excluding steroid dienone is 2. The van der Waals surface area contributed by atoms with Crippen LogP contribution in [0.2, 0.25) is 0 Å². The first-order valence-corrected chi connectivity index (χ1v) is 21.2. The van der Waals surface area contributed by atoms with Gasteiger partial charge in [-0.15, -0.1) is 0 Å². The molecule has 0 spiro atoms. The molecule has 4 aromatic rings. The minimum atomic E-state index is -2.01. The molecule has 9 atom stereocenters. The molecule has 2 aliphatic heterocycles. The van der Waals surface area contributed by atoms with Crippen molar-refractivity contribution < 1.29 is 52.7 Å². The van der Waals surface area contributed by atoms with Crippen LogP contribution < -0.4 is 20.2 Å². The van der Waals surface area contributed by atoms with Crippen molar-refractivity contribution in [2.75, 3.05) is 39.7 Å². The zero-order chi connectivity index (χ0) is 46.2. The number of hydrogen-bond donors (Lipinski definition) is 3. The van der Waals surface area contributed by atoms with E-state index in [0.29, 0.717) is 24.4 Å². The standard InChI is InChI=1S/C48H59N3O12/c1-23-14-13-15-24(2)47(57)50-39-42(55)36-35(38-45(39)62-34-17-16-31(22-32(34)49-38)59-21-19-51(10)11)37-44(29(7)41(36)54)63-48(9,46(37)56)60-20-18-33(58-12)28(6)43(61-30(8)52)27(5)25(3)26(4)40(23)53/h13-18,20,22-23,25-28,33,40,43,53,55H,19,21H2,1-12H3,(H,50,57)/b14-13+,20-18+,24-15-/t23-,25+,26-,27+,28+,33-,40-,43-,48-/m0/s1. The summed E-state index contributed by atoms with van der Waals surface area (Å²) in [5.74, 6) is -5.44. The number of amides is 1. The zero-order valence-electron chi connectivity index (χ0n) is 38.0. The van der Waals surface area contributed by atoms with E-state index in [1.807, 2.05) is 53.6 Å². The molecule has 3 N–H and O–H groups in total. The average Bonchev–Trinajstić information content (AvgIpc) is 3.50. The van der Waals surface area contributed by atoms with Crippen molar-refractivity contribution in [3.63, 3.8) is 0 Å². The Kier molecular flexibility index (Phi) is 13.7. The Balaban J connectivity index is 1.58. The molecule has 15 heteroatoms. The molecular weight excluding hydrogens is 811 g/mol. The number of hydrogen-bond acceptors (Lipinski definition) is 14. The van der Waals surface area contributed by atoms with Crippen molar-refractivity contribution in [3.05, 3.63) is 75.7 Å². The highest BCUT2D eigenvalue weighted by molar-refractivity contribution is 6.26. The number of ketones is 1. The summed E-state index contributed by atoms with van der Waals surface area (Å²) in [7, 11) is 5.36. The topological polar surface area (TPSA) is 196 Å². The van der Waals surface area contributed by atoms with Crippen molar-refractivity contribution in [1.82, 2.24) is 9.88 Å². The van der Waals surface area contributed by atoms with Crippen LogP contribution in [0.3, 0.4) is 0 Å². The minimum Gasteiger partial charge on any atom is -0.505 e. The second-order valence-electron chi connectivity index (χ2n) is 17.4. The van der Waals surface area contributed by atoms with E-state index in [1.165, 1.54) is 34.1 Å².